The van der Waals surface area contributed by atoms with Crippen molar-refractivity contribution in [2.45, 2.75) is 0 Å². The largest absolute Gasteiger partial charge is 0.507 e. The molecule has 1 amide bonds. The van der Waals surface area contributed by atoms with Crippen molar-refractivity contribution in [2.75, 3.05) is 33.7 Å². The number of aromatic hydroxyl groups is 1. The normalized spacial score (nSPS) is 10.6. The second-order valence-corrected chi connectivity index (χ2v) is 4.59. The van der Waals surface area contributed by atoms with Crippen LogP contribution in [0.15, 0.2) is 18.2 Å². The maximum atomic E-state index is 12.9. The Labute approximate surface area is 116 Å². The van der Waals surface area contributed by atoms with E-state index in [1.165, 1.54) is 0 Å². The van der Waals surface area contributed by atoms with E-state index >= 15 is 0 Å². The molecule has 0 fully saturated rings. The number of carboxylic acid groups (broad SMARTS) is 1. The zero-order valence-corrected chi connectivity index (χ0v) is 11.3. The Morgan fingerprint density at radius 3 is 2.40 bits per heavy atom. The van der Waals surface area contributed by atoms with E-state index < -0.39 is 30.0 Å². The molecule has 2 N–H and O–H groups in total. The van der Waals surface area contributed by atoms with Crippen molar-refractivity contribution < 1.29 is 24.2 Å². The molecule has 0 aliphatic carbocycles. The van der Waals surface area contributed by atoms with Crippen LogP contribution in [0.1, 0.15) is 10.4 Å². The van der Waals surface area contributed by atoms with Gasteiger partial charge in [-0.2, -0.15) is 0 Å². The highest BCUT2D eigenvalue weighted by molar-refractivity contribution is 5.98. The van der Waals surface area contributed by atoms with Crippen LogP contribution in [-0.4, -0.2) is 65.6 Å². The average Bonchev–Trinajstić information content (AvgIpc) is 2.33. The number of amides is 1. The highest BCUT2D eigenvalue weighted by Gasteiger charge is 2.21. The molecule has 0 aromatic heterocycles. The number of aliphatic carboxylic acids is 1. The Kier molecular flexibility index (Phi) is 5.45. The van der Waals surface area contributed by atoms with E-state index in [4.69, 9.17) is 5.11 Å². The molecule has 0 aliphatic heterocycles. The Balaban J connectivity index is 2.93. The molecule has 0 bridgehead atoms. The van der Waals surface area contributed by atoms with Gasteiger partial charge < -0.3 is 20.0 Å². The predicted molar refractivity (Wildman–Crippen MR) is 70.2 cm³/mol. The lowest BCUT2D eigenvalue weighted by Gasteiger charge is -2.23. The Morgan fingerprint density at radius 1 is 1.25 bits per heavy atom. The number of hydrogen-bond acceptors (Lipinski definition) is 4. The van der Waals surface area contributed by atoms with Gasteiger partial charge in [-0.1, -0.05) is 0 Å². The molecule has 0 saturated carbocycles. The van der Waals surface area contributed by atoms with Gasteiger partial charge in [0.2, 0.25) is 0 Å². The summed E-state index contributed by atoms with van der Waals surface area (Å²) >= 11 is 0. The highest BCUT2D eigenvalue weighted by Crippen LogP contribution is 2.19. The summed E-state index contributed by atoms with van der Waals surface area (Å²) < 4.78 is 12.9. The number of phenolic OH excluding ortho intramolecular Hbond substituents is 1. The minimum Gasteiger partial charge on any atom is -0.507 e. The van der Waals surface area contributed by atoms with Gasteiger partial charge in [-0.25, -0.2) is 4.39 Å². The molecule has 1 aromatic rings. The van der Waals surface area contributed by atoms with Crippen molar-refractivity contribution in [3.05, 3.63) is 29.6 Å². The molecule has 1 rings (SSSR count). The number of hydrogen-bond donors (Lipinski definition) is 2. The zero-order chi connectivity index (χ0) is 15.3. The third-order valence-electron chi connectivity index (χ3n) is 2.62. The van der Waals surface area contributed by atoms with Crippen LogP contribution >= 0.6 is 0 Å². The summed E-state index contributed by atoms with van der Waals surface area (Å²) in [5.41, 5.74) is -0.119. The molecule has 0 radical (unpaired) electrons. The lowest BCUT2D eigenvalue weighted by atomic mass is 10.1. The molecule has 0 unspecified atom stereocenters. The molecule has 110 valence electrons. The van der Waals surface area contributed by atoms with E-state index in [1.54, 1.807) is 19.0 Å². The van der Waals surface area contributed by atoms with Gasteiger partial charge in [0.05, 0.1) is 5.56 Å². The first-order valence-electron chi connectivity index (χ1n) is 5.95. The van der Waals surface area contributed by atoms with Crippen molar-refractivity contribution in [3.8, 4) is 5.75 Å². The average molecular weight is 284 g/mol. The third-order valence-corrected chi connectivity index (χ3v) is 2.62. The van der Waals surface area contributed by atoms with E-state index in [0.29, 0.717) is 6.54 Å². The van der Waals surface area contributed by atoms with Gasteiger partial charge >= 0.3 is 5.97 Å². The topological polar surface area (TPSA) is 81.1 Å². The monoisotopic (exact) mass is 284 g/mol. The van der Waals surface area contributed by atoms with Gasteiger partial charge in [-0.3, -0.25) is 9.59 Å². The van der Waals surface area contributed by atoms with E-state index in [1.807, 2.05) is 0 Å². The number of nitrogens with zero attached hydrogens (tertiary/aromatic N) is 2. The summed E-state index contributed by atoms with van der Waals surface area (Å²) in [6.45, 7) is 0.180. The van der Waals surface area contributed by atoms with Crippen molar-refractivity contribution in [1.82, 2.24) is 9.80 Å². The molecule has 20 heavy (non-hydrogen) atoms. The first-order valence-corrected chi connectivity index (χ1v) is 5.95. The smallest absolute Gasteiger partial charge is 0.323 e. The molecular formula is C13H17FN2O4. The first-order chi connectivity index (χ1) is 9.31. The number of halogens is 1. The second kappa shape index (κ2) is 6.85. The van der Waals surface area contributed by atoms with Gasteiger partial charge in [-0.15, -0.1) is 0 Å². The predicted octanol–water partition coefficient (Wildman–Crippen LogP) is 0.620. The maximum absolute atomic E-state index is 12.9. The lowest BCUT2D eigenvalue weighted by molar-refractivity contribution is -0.137. The van der Waals surface area contributed by atoms with Crippen LogP contribution in [0.5, 0.6) is 5.75 Å². The summed E-state index contributed by atoms with van der Waals surface area (Å²) in [6, 6.07) is 2.99. The molecule has 0 spiro atoms. The zero-order valence-electron chi connectivity index (χ0n) is 11.3. The number of phenols is 1. The second-order valence-electron chi connectivity index (χ2n) is 4.59. The number of likely N-dealkylation sites (N-methyl/N-ethyl adjacent to an activating group) is 1. The minimum absolute atomic E-state index is 0.119. The molecule has 0 saturated heterocycles. The fourth-order valence-corrected chi connectivity index (χ4v) is 1.59. The van der Waals surface area contributed by atoms with Crippen molar-refractivity contribution in [3.63, 3.8) is 0 Å². The first kappa shape index (κ1) is 15.9. The Morgan fingerprint density at radius 2 is 1.90 bits per heavy atom. The van der Waals surface area contributed by atoms with E-state index in [9.17, 15) is 19.1 Å². The number of carbonyl (C=O) groups excluding carboxylic acids is 1. The Bertz CT molecular complexity index is 505. The van der Waals surface area contributed by atoms with E-state index in [2.05, 4.69) is 0 Å². The fraction of sp³-hybridized carbons (Fsp3) is 0.385. The standard InChI is InChI=1S/C13H17FN2O4/c1-15(2)5-6-16(8-12(18)19)13(20)10-4-3-9(14)7-11(10)17/h3-4,7,17H,5-6,8H2,1-2H3,(H,18,19). The molecule has 1 aromatic carbocycles. The van der Waals surface area contributed by atoms with Crippen LogP contribution in [0.4, 0.5) is 4.39 Å². The summed E-state index contributed by atoms with van der Waals surface area (Å²) in [4.78, 5) is 25.9. The molecule has 6 nitrogen and oxygen atoms in total. The molecule has 0 aliphatic rings. The Hall–Kier alpha value is -2.15. The SMILES string of the molecule is CN(C)CCN(CC(=O)O)C(=O)c1ccc(F)cc1O. The van der Waals surface area contributed by atoms with E-state index in [0.717, 1.165) is 23.1 Å². The summed E-state index contributed by atoms with van der Waals surface area (Å²) in [5, 5.41) is 18.4. The number of carboxylic acids is 1. The molecular weight excluding hydrogens is 267 g/mol. The van der Waals surface area contributed by atoms with Gasteiger partial charge in [0.15, 0.2) is 0 Å². The minimum atomic E-state index is -1.15. The highest BCUT2D eigenvalue weighted by atomic mass is 19.1. The van der Waals surface area contributed by atoms with Crippen LogP contribution < -0.4 is 0 Å². The number of rotatable bonds is 6. The molecule has 0 heterocycles. The quantitative estimate of drug-likeness (QED) is 0.800. The molecule has 7 heteroatoms. The van der Waals surface area contributed by atoms with Gasteiger partial charge in [0.1, 0.15) is 18.1 Å². The van der Waals surface area contributed by atoms with Crippen LogP contribution in [0.25, 0.3) is 0 Å². The summed E-state index contributed by atoms with van der Waals surface area (Å²) in [6.07, 6.45) is 0. The fourth-order valence-electron chi connectivity index (χ4n) is 1.59. The van der Waals surface area contributed by atoms with Gasteiger partial charge in [0, 0.05) is 19.2 Å². The van der Waals surface area contributed by atoms with Crippen LogP contribution in [0, 0.1) is 5.82 Å². The maximum Gasteiger partial charge on any atom is 0.323 e. The van der Waals surface area contributed by atoms with Crippen LogP contribution in [0.3, 0.4) is 0 Å². The van der Waals surface area contributed by atoms with E-state index in [-0.39, 0.29) is 12.1 Å². The van der Waals surface area contributed by atoms with Crippen LogP contribution in [0.2, 0.25) is 0 Å². The number of benzene rings is 1. The lowest BCUT2D eigenvalue weighted by Crippen LogP contribution is -2.40. The van der Waals surface area contributed by atoms with Crippen molar-refractivity contribution in [1.29, 1.82) is 0 Å². The summed E-state index contributed by atoms with van der Waals surface area (Å²) in [7, 11) is 3.58. The number of carbonyl (C=O) groups is 2. The van der Waals surface area contributed by atoms with Crippen molar-refractivity contribution in [2.24, 2.45) is 0 Å². The third kappa shape index (κ3) is 4.51. The summed E-state index contributed by atoms with van der Waals surface area (Å²) in [5.74, 6) is -2.97. The van der Waals surface area contributed by atoms with Gasteiger partial charge in [-0.05, 0) is 26.2 Å². The van der Waals surface area contributed by atoms with Crippen molar-refractivity contribution >= 4 is 11.9 Å². The molecule has 0 atom stereocenters. The van der Waals surface area contributed by atoms with Crippen LogP contribution in [-0.2, 0) is 4.79 Å². The van der Waals surface area contributed by atoms with Gasteiger partial charge in [0.25, 0.3) is 5.91 Å².